The van der Waals surface area contributed by atoms with E-state index in [1.54, 1.807) is 7.11 Å². The van der Waals surface area contributed by atoms with E-state index in [0.29, 0.717) is 6.54 Å². The van der Waals surface area contributed by atoms with Gasteiger partial charge in [0.2, 0.25) is 0 Å². The molecule has 5 heteroatoms. The summed E-state index contributed by atoms with van der Waals surface area (Å²) in [6, 6.07) is 12.7. The Morgan fingerprint density at radius 2 is 1.66 bits per heavy atom. The number of rotatable bonds is 3. The highest BCUT2D eigenvalue weighted by Gasteiger charge is 2.40. The Morgan fingerprint density at radius 3 is 2.34 bits per heavy atom. The predicted octanol–water partition coefficient (Wildman–Crippen LogP) is 6.26. The zero-order chi connectivity index (χ0) is 19.6. The summed E-state index contributed by atoms with van der Waals surface area (Å²) in [4.78, 5) is 5.09. The molecule has 1 aliphatic carbocycles. The minimum Gasteiger partial charge on any atom is -0.497 e. The van der Waals surface area contributed by atoms with E-state index in [0.717, 1.165) is 30.1 Å². The van der Waals surface area contributed by atoms with Gasteiger partial charge in [0, 0.05) is 0 Å². The van der Waals surface area contributed by atoms with Gasteiger partial charge in [0.25, 0.3) is 0 Å². The highest BCUT2D eigenvalue weighted by molar-refractivity contribution is 6.09. The largest absolute Gasteiger partial charge is 0.497 e. The fourth-order valence-corrected chi connectivity index (χ4v) is 4.41. The van der Waals surface area contributed by atoms with E-state index in [1.165, 1.54) is 48.1 Å². The number of hydrogen-bond donors (Lipinski definition) is 2. The number of aliphatic imine (C=N–C) groups is 1. The number of nitrogens with zero attached hydrogens (tertiary/aromatic N) is 1. The summed E-state index contributed by atoms with van der Waals surface area (Å²) < 4.78 is 5.37. The first-order valence-corrected chi connectivity index (χ1v) is 10.4. The zero-order valence-electron chi connectivity index (χ0n) is 17.7. The summed E-state index contributed by atoms with van der Waals surface area (Å²) in [7, 11) is 1.71. The summed E-state index contributed by atoms with van der Waals surface area (Å²) in [5.74, 6) is 1.97. The van der Waals surface area contributed by atoms with E-state index >= 15 is 0 Å². The maximum atomic E-state index is 5.37. The van der Waals surface area contributed by atoms with Crippen LogP contribution in [0.5, 0.6) is 5.75 Å². The van der Waals surface area contributed by atoms with Crippen LogP contribution in [0.2, 0.25) is 0 Å². The van der Waals surface area contributed by atoms with E-state index in [2.05, 4.69) is 48.7 Å². The zero-order valence-corrected chi connectivity index (χ0v) is 18.5. The normalized spacial score (nSPS) is 18.8. The molecule has 156 valence electrons. The van der Waals surface area contributed by atoms with Crippen molar-refractivity contribution in [3.8, 4) is 5.75 Å². The molecular weight excluding hydrogens is 382 g/mol. The number of fused-ring (bicyclic) bond motifs is 1. The van der Waals surface area contributed by atoms with Crippen molar-refractivity contribution in [2.45, 2.75) is 64.5 Å². The van der Waals surface area contributed by atoms with Gasteiger partial charge in [-0.1, -0.05) is 37.8 Å². The van der Waals surface area contributed by atoms with Crippen LogP contribution < -0.4 is 15.4 Å². The quantitative estimate of drug-likeness (QED) is 0.623. The average Bonchev–Trinajstić information content (AvgIpc) is 2.94. The van der Waals surface area contributed by atoms with Gasteiger partial charge in [-0.2, -0.15) is 0 Å². The van der Waals surface area contributed by atoms with Crippen molar-refractivity contribution in [3.05, 3.63) is 53.1 Å². The molecule has 0 radical (unpaired) electrons. The lowest BCUT2D eigenvalue weighted by Gasteiger charge is -2.41. The predicted molar refractivity (Wildman–Crippen MR) is 125 cm³/mol. The van der Waals surface area contributed by atoms with Crippen molar-refractivity contribution in [1.29, 1.82) is 0 Å². The lowest BCUT2D eigenvalue weighted by Crippen LogP contribution is -2.52. The van der Waals surface area contributed by atoms with E-state index in [4.69, 9.17) is 9.73 Å². The van der Waals surface area contributed by atoms with Crippen molar-refractivity contribution in [3.63, 3.8) is 0 Å². The van der Waals surface area contributed by atoms with Crippen molar-refractivity contribution < 1.29 is 4.74 Å². The van der Waals surface area contributed by atoms with Crippen LogP contribution in [0.3, 0.4) is 0 Å². The number of ether oxygens (including phenoxy) is 1. The van der Waals surface area contributed by atoms with E-state index in [9.17, 15) is 0 Å². The number of anilines is 2. The van der Waals surface area contributed by atoms with Gasteiger partial charge in [0.1, 0.15) is 11.6 Å². The maximum Gasteiger partial charge on any atom is 0.127 e. The lowest BCUT2D eigenvalue weighted by atomic mass is 9.85. The molecule has 1 fully saturated rings. The molecule has 4 nitrogen and oxygen atoms in total. The van der Waals surface area contributed by atoms with Gasteiger partial charge in [0.05, 0.1) is 30.6 Å². The molecule has 1 spiro atoms. The second-order valence-electron chi connectivity index (χ2n) is 8.24. The molecule has 1 saturated carbocycles. The average molecular weight is 414 g/mol. The van der Waals surface area contributed by atoms with Crippen molar-refractivity contribution >= 4 is 29.6 Å². The fraction of sp³-hybridized carbons (Fsp3) is 0.458. The highest BCUT2D eigenvalue weighted by atomic mass is 35.5. The summed E-state index contributed by atoms with van der Waals surface area (Å²) in [5.41, 5.74) is 6.07. The van der Waals surface area contributed by atoms with Crippen LogP contribution in [-0.4, -0.2) is 18.5 Å². The van der Waals surface area contributed by atoms with Crippen LogP contribution in [0.25, 0.3) is 0 Å². The maximum absolute atomic E-state index is 5.37. The van der Waals surface area contributed by atoms with Crippen LogP contribution in [0.15, 0.2) is 41.4 Å². The van der Waals surface area contributed by atoms with Crippen LogP contribution >= 0.6 is 12.4 Å². The monoisotopic (exact) mass is 413 g/mol. The second-order valence-corrected chi connectivity index (χ2v) is 8.24. The minimum atomic E-state index is -0.0793. The molecule has 0 atom stereocenters. The molecule has 2 aromatic carbocycles. The summed E-state index contributed by atoms with van der Waals surface area (Å²) >= 11 is 0. The number of hydrogen-bond acceptors (Lipinski definition) is 3. The Labute approximate surface area is 180 Å². The molecule has 0 aromatic heterocycles. The third kappa shape index (κ3) is 4.53. The number of halogens is 1. The molecule has 0 bridgehead atoms. The summed E-state index contributed by atoms with van der Waals surface area (Å²) in [5, 5.41) is 7.62. The molecular formula is C24H32ClN3O. The summed E-state index contributed by atoms with van der Waals surface area (Å²) in [6.45, 7) is 5.01. The van der Waals surface area contributed by atoms with Gasteiger partial charge in [-0.25, -0.2) is 0 Å². The van der Waals surface area contributed by atoms with Crippen molar-refractivity contribution in [2.75, 3.05) is 17.7 Å². The Hall–Kier alpha value is -2.20. The number of methoxy groups -OCH3 is 1. The second kappa shape index (κ2) is 9.08. The Kier molecular flexibility index (Phi) is 6.74. The Balaban J connectivity index is 0.00000240. The molecule has 2 N–H and O–H groups in total. The molecule has 29 heavy (non-hydrogen) atoms. The summed E-state index contributed by atoms with van der Waals surface area (Å²) in [6.07, 6.45) is 7.37. The molecule has 0 amide bonds. The number of benzene rings is 2. The van der Waals surface area contributed by atoms with E-state index in [-0.39, 0.29) is 17.9 Å². The van der Waals surface area contributed by atoms with E-state index in [1.807, 2.05) is 12.1 Å². The lowest BCUT2D eigenvalue weighted by molar-refractivity contribution is 0.414. The van der Waals surface area contributed by atoms with Gasteiger partial charge in [-0.3, -0.25) is 4.99 Å². The van der Waals surface area contributed by atoms with Crippen LogP contribution in [-0.2, 0) is 6.54 Å². The first-order valence-electron chi connectivity index (χ1n) is 10.4. The molecule has 4 rings (SSSR count). The van der Waals surface area contributed by atoms with E-state index < -0.39 is 0 Å². The van der Waals surface area contributed by atoms with Crippen LogP contribution in [0.1, 0.15) is 55.2 Å². The Morgan fingerprint density at radius 1 is 0.966 bits per heavy atom. The molecule has 0 unspecified atom stereocenters. The highest BCUT2D eigenvalue weighted by Crippen LogP contribution is 2.40. The fourth-order valence-electron chi connectivity index (χ4n) is 4.41. The SMILES string of the molecule is COc1cccc(CN=C2Nc3cc(C)c(C)cc3NC23CCCCCC3)c1.Cl. The van der Waals surface area contributed by atoms with Gasteiger partial charge in [0.15, 0.2) is 0 Å². The Bertz CT molecular complexity index is 886. The third-order valence-electron chi connectivity index (χ3n) is 6.23. The van der Waals surface area contributed by atoms with Gasteiger partial charge in [-0.05, 0) is 67.6 Å². The number of aryl methyl sites for hydroxylation is 2. The number of nitrogens with one attached hydrogen (secondary N) is 2. The molecule has 2 aromatic rings. The standard InChI is InChI=1S/C24H31N3O.ClH/c1-17-13-21-22(14-18(17)2)27-24(11-6-4-5-7-12-24)23(26-21)25-16-19-9-8-10-20(15-19)28-3;/h8-10,13-15,27H,4-7,11-12,16H2,1-3H3,(H,25,26);1H. The third-order valence-corrected chi connectivity index (χ3v) is 6.23. The van der Waals surface area contributed by atoms with Crippen molar-refractivity contribution in [2.24, 2.45) is 4.99 Å². The van der Waals surface area contributed by atoms with Gasteiger partial charge < -0.3 is 15.4 Å². The molecule has 1 heterocycles. The first-order chi connectivity index (χ1) is 13.6. The van der Waals surface area contributed by atoms with Crippen LogP contribution in [0, 0.1) is 13.8 Å². The van der Waals surface area contributed by atoms with Gasteiger partial charge in [-0.15, -0.1) is 12.4 Å². The number of amidine groups is 1. The minimum absolute atomic E-state index is 0. The van der Waals surface area contributed by atoms with Gasteiger partial charge >= 0.3 is 0 Å². The molecule has 2 aliphatic rings. The molecule has 0 saturated heterocycles. The molecule has 1 aliphatic heterocycles. The van der Waals surface area contributed by atoms with Crippen LogP contribution in [0.4, 0.5) is 11.4 Å². The first kappa shape index (κ1) is 21.5. The topological polar surface area (TPSA) is 45.6 Å². The smallest absolute Gasteiger partial charge is 0.127 e. The van der Waals surface area contributed by atoms with Crippen molar-refractivity contribution in [1.82, 2.24) is 0 Å².